The van der Waals surface area contributed by atoms with Crippen LogP contribution >= 0.6 is 0 Å². The van der Waals surface area contributed by atoms with Gasteiger partial charge in [0.15, 0.2) is 12.1 Å². The summed E-state index contributed by atoms with van der Waals surface area (Å²) >= 11 is 0. The Labute approximate surface area is 267 Å². The fraction of sp³-hybridized carbons (Fsp3) is 0.941. The Bertz CT molecular complexity index is 961. The minimum absolute atomic E-state index is 0.0405. The fourth-order valence-corrected chi connectivity index (χ4v) is 7.92. The molecule has 3 rings (SSSR count). The van der Waals surface area contributed by atoms with E-state index in [9.17, 15) is 14.7 Å². The van der Waals surface area contributed by atoms with Gasteiger partial charge in [0.25, 0.3) is 0 Å². The summed E-state index contributed by atoms with van der Waals surface area (Å²) in [7, 11) is 7.63. The van der Waals surface area contributed by atoms with Crippen LogP contribution in [0, 0.1) is 29.1 Å². The van der Waals surface area contributed by atoms with Crippen LogP contribution in [0.15, 0.2) is 0 Å². The van der Waals surface area contributed by atoms with Gasteiger partial charge < -0.3 is 33.9 Å². The number of hydrogen-bond donors (Lipinski definition) is 1. The quantitative estimate of drug-likeness (QED) is 0.335. The zero-order chi connectivity index (χ0) is 33.1. The van der Waals surface area contributed by atoms with Gasteiger partial charge in [-0.25, -0.2) is 0 Å². The number of aliphatic hydroxyl groups excluding tert-OH is 1. The average molecular weight is 626 g/mol. The molecule has 10 nitrogen and oxygen atoms in total. The second-order valence-corrected chi connectivity index (χ2v) is 15.5. The molecule has 0 saturated carbocycles. The van der Waals surface area contributed by atoms with E-state index in [4.69, 9.17) is 18.9 Å². The van der Waals surface area contributed by atoms with Crippen LogP contribution in [0.2, 0.25) is 0 Å². The second-order valence-electron chi connectivity index (χ2n) is 15.5. The monoisotopic (exact) mass is 625 g/mol. The maximum absolute atomic E-state index is 14.2. The number of cyclic esters (lactones) is 1. The summed E-state index contributed by atoms with van der Waals surface area (Å²) in [5, 5.41) is 11.3. The maximum Gasteiger partial charge on any atom is 0.319 e. The number of carbonyl (C=O) groups excluding carboxylic acids is 2. The van der Waals surface area contributed by atoms with E-state index >= 15 is 0 Å². The van der Waals surface area contributed by atoms with E-state index in [1.165, 1.54) is 0 Å². The number of Topliss-reactive ketones (excluding diaryl/α,β-unsaturated/α-hetero) is 1. The first-order chi connectivity index (χ1) is 20.4. The predicted octanol–water partition coefficient (Wildman–Crippen LogP) is 3.30. The number of ketones is 1. The molecule has 44 heavy (non-hydrogen) atoms. The highest BCUT2D eigenvalue weighted by Gasteiger charge is 2.51. The van der Waals surface area contributed by atoms with Crippen LogP contribution in [0.4, 0.5) is 0 Å². The minimum atomic E-state index is -1.40. The zero-order valence-electron chi connectivity index (χ0n) is 29.7. The number of nitrogens with zero attached hydrogens (tertiary/aromatic N) is 3. The van der Waals surface area contributed by atoms with Crippen molar-refractivity contribution in [3.8, 4) is 0 Å². The molecule has 0 aromatic rings. The van der Waals surface area contributed by atoms with Crippen LogP contribution in [0.3, 0.4) is 0 Å². The Morgan fingerprint density at radius 2 is 1.77 bits per heavy atom. The van der Waals surface area contributed by atoms with E-state index in [-0.39, 0.29) is 36.5 Å². The molecule has 256 valence electrons. The van der Waals surface area contributed by atoms with Gasteiger partial charge in [-0.15, -0.1) is 0 Å². The van der Waals surface area contributed by atoms with Crippen molar-refractivity contribution in [3.05, 3.63) is 0 Å². The molecule has 3 heterocycles. The third-order valence-electron chi connectivity index (χ3n) is 10.4. The first-order valence-electron chi connectivity index (χ1n) is 16.8. The number of likely N-dealkylation sites (N-methyl/N-ethyl adjacent to an activating group) is 2. The Kier molecular flexibility index (Phi) is 12.9. The van der Waals surface area contributed by atoms with Crippen LogP contribution in [-0.2, 0) is 28.5 Å². The van der Waals surface area contributed by atoms with Gasteiger partial charge >= 0.3 is 5.97 Å². The molecular formula is C34H63N3O7. The first-order valence-corrected chi connectivity index (χ1v) is 16.8. The van der Waals surface area contributed by atoms with Crippen LogP contribution in [0.1, 0.15) is 74.7 Å². The van der Waals surface area contributed by atoms with Crippen molar-refractivity contribution in [1.29, 1.82) is 0 Å². The number of aliphatic hydroxyl groups is 1. The standard InChI is InChI=1S/C34H63N3O7/c1-21(2)17-37-14-13-25(19-37)27-20-42-32(40)33(6,7)29(39)24(5)30(34(8,41-12)16-22(3)18-36(27)11)44-31-28(38)26(35(9)10)15-23(4)43-31/h21-28,30-31,38H,13-20H2,1-12H3/t22-,23-,24+,25?,26+,27+,28-,30-,31+,34-/m1/s1. The maximum atomic E-state index is 14.2. The van der Waals surface area contributed by atoms with Crippen molar-refractivity contribution in [2.24, 2.45) is 29.1 Å². The molecule has 1 unspecified atom stereocenters. The molecule has 3 aliphatic heterocycles. The van der Waals surface area contributed by atoms with Crippen LogP contribution < -0.4 is 0 Å². The topological polar surface area (TPSA) is 101 Å². The van der Waals surface area contributed by atoms with Gasteiger partial charge in [-0.3, -0.25) is 14.5 Å². The van der Waals surface area contributed by atoms with Gasteiger partial charge in [0, 0.05) is 44.7 Å². The Hall–Kier alpha value is -1.14. The average Bonchev–Trinajstić information content (AvgIpc) is 3.38. The minimum Gasteiger partial charge on any atom is -0.463 e. The van der Waals surface area contributed by atoms with Gasteiger partial charge in [0.1, 0.15) is 18.1 Å². The van der Waals surface area contributed by atoms with Crippen molar-refractivity contribution in [2.45, 2.75) is 117 Å². The molecule has 3 saturated heterocycles. The summed E-state index contributed by atoms with van der Waals surface area (Å²) < 4.78 is 25.0. The van der Waals surface area contributed by atoms with Crippen molar-refractivity contribution in [2.75, 3.05) is 61.0 Å². The van der Waals surface area contributed by atoms with Gasteiger partial charge in [-0.1, -0.05) is 27.7 Å². The Morgan fingerprint density at radius 1 is 1.11 bits per heavy atom. The number of rotatable bonds is 7. The number of ether oxygens (including phenoxy) is 4. The van der Waals surface area contributed by atoms with Gasteiger partial charge in [0.05, 0.1) is 17.8 Å². The van der Waals surface area contributed by atoms with E-state index in [1.807, 2.05) is 32.8 Å². The lowest BCUT2D eigenvalue weighted by Gasteiger charge is -2.47. The number of esters is 1. The van der Waals surface area contributed by atoms with Crippen LogP contribution in [-0.4, -0.2) is 135 Å². The van der Waals surface area contributed by atoms with Crippen LogP contribution in [0.25, 0.3) is 0 Å². The SMILES string of the molecule is CO[C@]1(C)C[C@@H](C)CN(C)[C@H](C2CCN(CC(C)C)C2)COC(=O)C(C)(C)C(=O)[C@H](C)[C@H]1O[C@@H]1O[C@H](C)C[C@H](N(C)C)[C@H]1O. The number of likely N-dealkylation sites (tertiary alicyclic amines) is 1. The molecule has 3 aliphatic rings. The summed E-state index contributed by atoms with van der Waals surface area (Å²) in [6.07, 6.45) is -0.485. The normalized spacial score (nSPS) is 40.5. The zero-order valence-corrected chi connectivity index (χ0v) is 29.7. The van der Waals surface area contributed by atoms with Gasteiger partial charge in [-0.2, -0.15) is 0 Å². The molecule has 3 fully saturated rings. The van der Waals surface area contributed by atoms with E-state index in [1.54, 1.807) is 27.9 Å². The predicted molar refractivity (Wildman–Crippen MR) is 171 cm³/mol. The number of methoxy groups -OCH3 is 1. The van der Waals surface area contributed by atoms with E-state index in [0.717, 1.165) is 32.6 Å². The summed E-state index contributed by atoms with van der Waals surface area (Å²) in [5.74, 6) is -0.414. The lowest BCUT2D eigenvalue weighted by atomic mass is 9.74. The van der Waals surface area contributed by atoms with E-state index in [2.05, 4.69) is 37.6 Å². The smallest absolute Gasteiger partial charge is 0.319 e. The molecule has 10 atom stereocenters. The Morgan fingerprint density at radius 3 is 2.36 bits per heavy atom. The molecular weight excluding hydrogens is 562 g/mol. The summed E-state index contributed by atoms with van der Waals surface area (Å²) in [4.78, 5) is 34.7. The molecule has 0 aromatic heterocycles. The molecule has 10 heteroatoms. The molecule has 0 bridgehead atoms. The lowest BCUT2D eigenvalue weighted by Crippen LogP contribution is -2.59. The van der Waals surface area contributed by atoms with E-state index < -0.39 is 41.4 Å². The largest absolute Gasteiger partial charge is 0.463 e. The molecule has 0 aliphatic carbocycles. The number of carbonyl (C=O) groups is 2. The highest BCUT2D eigenvalue weighted by molar-refractivity contribution is 6.04. The summed E-state index contributed by atoms with van der Waals surface area (Å²) in [6, 6.07) is -0.125. The van der Waals surface area contributed by atoms with Crippen molar-refractivity contribution in [3.63, 3.8) is 0 Å². The van der Waals surface area contributed by atoms with Crippen molar-refractivity contribution in [1.82, 2.24) is 14.7 Å². The van der Waals surface area contributed by atoms with Gasteiger partial charge in [0.2, 0.25) is 0 Å². The molecule has 0 aromatic carbocycles. The molecule has 0 amide bonds. The lowest BCUT2D eigenvalue weighted by molar-refractivity contribution is -0.295. The highest BCUT2D eigenvalue weighted by atomic mass is 16.7. The summed E-state index contributed by atoms with van der Waals surface area (Å²) in [6.45, 7) is 19.8. The second kappa shape index (κ2) is 15.2. The van der Waals surface area contributed by atoms with Crippen molar-refractivity contribution >= 4 is 11.8 Å². The molecule has 1 N–H and O–H groups in total. The molecule has 0 spiro atoms. The third-order valence-corrected chi connectivity index (χ3v) is 10.4. The van der Waals surface area contributed by atoms with E-state index in [0.29, 0.717) is 24.7 Å². The summed E-state index contributed by atoms with van der Waals surface area (Å²) in [5.41, 5.74) is -2.30. The number of hydrogen-bond acceptors (Lipinski definition) is 10. The highest BCUT2D eigenvalue weighted by Crippen LogP contribution is 2.38. The Balaban J connectivity index is 1.96. The van der Waals surface area contributed by atoms with Gasteiger partial charge in [-0.05, 0) is 92.4 Å². The first kappa shape index (κ1) is 37.3. The third kappa shape index (κ3) is 8.60. The molecule has 0 radical (unpaired) electrons. The van der Waals surface area contributed by atoms with Crippen LogP contribution in [0.5, 0.6) is 0 Å². The fourth-order valence-electron chi connectivity index (χ4n) is 7.92. The van der Waals surface area contributed by atoms with Crippen molar-refractivity contribution < 1.29 is 33.6 Å².